The summed E-state index contributed by atoms with van der Waals surface area (Å²) in [6.45, 7) is 0. The number of nitrogens with one attached hydrogen (secondary N) is 1. The van der Waals surface area contributed by atoms with Crippen LogP contribution < -0.4 is 14.6 Å². The maximum absolute atomic E-state index is 12.7. The van der Waals surface area contributed by atoms with Crippen LogP contribution >= 0.6 is 0 Å². The van der Waals surface area contributed by atoms with Crippen LogP contribution in [0, 0.1) is 0 Å². The van der Waals surface area contributed by atoms with E-state index in [0.717, 1.165) is 10.8 Å². The first-order chi connectivity index (χ1) is 12.2. The zero-order valence-corrected chi connectivity index (χ0v) is 15.3. The van der Waals surface area contributed by atoms with Crippen molar-refractivity contribution in [3.8, 4) is 5.75 Å². The van der Waals surface area contributed by atoms with E-state index in [1.54, 1.807) is 18.2 Å². The molecule has 0 saturated heterocycles. The molecule has 9 heteroatoms. The minimum Gasteiger partial charge on any atom is -0.497 e. The smallest absolute Gasteiger partial charge is 0.261 e. The highest BCUT2D eigenvalue weighted by Gasteiger charge is 2.21. The van der Waals surface area contributed by atoms with Gasteiger partial charge < -0.3 is 4.74 Å². The van der Waals surface area contributed by atoms with Crippen LogP contribution in [0.4, 0.5) is 5.69 Å². The average molecular weight is 392 g/mol. The number of benzene rings is 3. The molecular weight excluding hydrogens is 376 g/mol. The van der Waals surface area contributed by atoms with Crippen molar-refractivity contribution in [1.82, 2.24) is 0 Å². The van der Waals surface area contributed by atoms with Gasteiger partial charge in [-0.3, -0.25) is 4.72 Å². The van der Waals surface area contributed by atoms with Gasteiger partial charge in [-0.2, -0.15) is 0 Å². The summed E-state index contributed by atoms with van der Waals surface area (Å²) in [5, 5.41) is 6.81. The fourth-order valence-electron chi connectivity index (χ4n) is 2.50. The summed E-state index contributed by atoms with van der Waals surface area (Å²) in [6, 6.07) is 15.8. The normalized spacial score (nSPS) is 12.1. The molecule has 0 atom stereocenters. The number of anilines is 1. The average Bonchev–Trinajstić information content (AvgIpc) is 2.59. The number of fused-ring (bicyclic) bond motifs is 1. The fourth-order valence-corrected chi connectivity index (χ4v) is 4.35. The standard InChI is InChI=1S/C17H16N2O5S2/c1-24-14-7-9-17(25(18,20)21)16(11-14)19-26(22,23)15-8-6-12-4-2-3-5-13(12)10-15/h2-11,19H,1H3,(H2,18,20,21). The van der Waals surface area contributed by atoms with Crippen LogP contribution in [0.25, 0.3) is 10.8 Å². The van der Waals surface area contributed by atoms with Crippen molar-refractivity contribution < 1.29 is 21.6 Å². The van der Waals surface area contributed by atoms with Crippen LogP contribution in [-0.2, 0) is 20.0 Å². The number of rotatable bonds is 5. The minimum absolute atomic E-state index is 0.000565. The number of primary sulfonamides is 1. The maximum Gasteiger partial charge on any atom is 0.261 e. The van der Waals surface area contributed by atoms with E-state index in [0.29, 0.717) is 0 Å². The quantitative estimate of drug-likeness (QED) is 0.691. The molecule has 0 aromatic heterocycles. The molecule has 0 aliphatic carbocycles. The number of nitrogens with two attached hydrogens (primary N) is 1. The number of methoxy groups -OCH3 is 1. The molecule has 0 radical (unpaired) electrons. The van der Waals surface area contributed by atoms with Gasteiger partial charge >= 0.3 is 0 Å². The molecule has 0 amide bonds. The Kier molecular flexibility index (Phi) is 4.61. The first-order valence-corrected chi connectivity index (χ1v) is 10.5. The van der Waals surface area contributed by atoms with E-state index in [-0.39, 0.29) is 21.2 Å². The van der Waals surface area contributed by atoms with E-state index in [1.807, 2.05) is 12.1 Å². The van der Waals surface area contributed by atoms with E-state index in [9.17, 15) is 16.8 Å². The first-order valence-electron chi connectivity index (χ1n) is 7.43. The second-order valence-corrected chi connectivity index (χ2v) is 8.73. The first kappa shape index (κ1) is 18.2. The lowest BCUT2D eigenvalue weighted by atomic mass is 10.1. The van der Waals surface area contributed by atoms with E-state index < -0.39 is 20.0 Å². The van der Waals surface area contributed by atoms with Crippen LogP contribution in [0.15, 0.2) is 70.5 Å². The third kappa shape index (κ3) is 3.64. The third-order valence-corrected chi connectivity index (χ3v) is 6.10. The van der Waals surface area contributed by atoms with Crippen molar-refractivity contribution in [3.05, 3.63) is 60.7 Å². The summed E-state index contributed by atoms with van der Waals surface area (Å²) < 4.78 is 56.3. The molecule has 3 aromatic carbocycles. The number of ether oxygens (including phenoxy) is 1. The van der Waals surface area contributed by atoms with Crippen LogP contribution in [0.2, 0.25) is 0 Å². The van der Waals surface area contributed by atoms with E-state index in [1.165, 1.54) is 37.4 Å². The lowest BCUT2D eigenvalue weighted by Gasteiger charge is -2.13. The highest BCUT2D eigenvalue weighted by atomic mass is 32.2. The molecule has 7 nitrogen and oxygen atoms in total. The van der Waals surface area contributed by atoms with Crippen LogP contribution in [-0.4, -0.2) is 23.9 Å². The summed E-state index contributed by atoms with van der Waals surface area (Å²) in [7, 11) is -6.79. The van der Waals surface area contributed by atoms with Gasteiger partial charge in [0, 0.05) is 6.07 Å². The van der Waals surface area contributed by atoms with Crippen molar-refractivity contribution in [2.75, 3.05) is 11.8 Å². The van der Waals surface area contributed by atoms with Gasteiger partial charge in [0.1, 0.15) is 10.6 Å². The SMILES string of the molecule is COc1ccc(S(N)(=O)=O)c(NS(=O)(=O)c2ccc3ccccc3c2)c1. The van der Waals surface area contributed by atoms with Crippen LogP contribution in [0.3, 0.4) is 0 Å². The Morgan fingerprint density at radius 2 is 1.58 bits per heavy atom. The monoisotopic (exact) mass is 392 g/mol. The Morgan fingerprint density at radius 3 is 2.23 bits per heavy atom. The minimum atomic E-state index is -4.13. The molecular formula is C17H16N2O5S2. The van der Waals surface area contributed by atoms with Gasteiger partial charge in [0.15, 0.2) is 0 Å². The molecule has 0 spiro atoms. The van der Waals surface area contributed by atoms with Gasteiger partial charge in [-0.05, 0) is 35.0 Å². The number of hydrogen-bond acceptors (Lipinski definition) is 5. The zero-order valence-electron chi connectivity index (χ0n) is 13.7. The third-order valence-electron chi connectivity index (χ3n) is 3.77. The molecule has 0 aliphatic rings. The highest BCUT2D eigenvalue weighted by Crippen LogP contribution is 2.28. The van der Waals surface area contributed by atoms with E-state index in [4.69, 9.17) is 9.88 Å². The Morgan fingerprint density at radius 1 is 0.885 bits per heavy atom. The predicted molar refractivity (Wildman–Crippen MR) is 99.1 cm³/mol. The van der Waals surface area contributed by atoms with Crippen molar-refractivity contribution >= 4 is 36.5 Å². The van der Waals surface area contributed by atoms with Crippen LogP contribution in [0.5, 0.6) is 5.75 Å². The molecule has 0 bridgehead atoms. The maximum atomic E-state index is 12.7. The summed E-state index contributed by atoms with van der Waals surface area (Å²) in [4.78, 5) is -0.345. The Hall–Kier alpha value is -2.62. The lowest BCUT2D eigenvalue weighted by Crippen LogP contribution is -2.19. The van der Waals surface area contributed by atoms with Crippen molar-refractivity contribution in [1.29, 1.82) is 0 Å². The molecule has 0 unspecified atom stereocenters. The van der Waals surface area contributed by atoms with Crippen molar-refractivity contribution in [2.45, 2.75) is 9.79 Å². The number of hydrogen-bond donors (Lipinski definition) is 2. The molecule has 136 valence electrons. The Labute approximate surface area is 151 Å². The molecule has 0 aliphatic heterocycles. The largest absolute Gasteiger partial charge is 0.497 e. The van der Waals surface area contributed by atoms with Gasteiger partial charge in [-0.1, -0.05) is 30.3 Å². The molecule has 0 fully saturated rings. The molecule has 0 heterocycles. The molecule has 26 heavy (non-hydrogen) atoms. The lowest BCUT2D eigenvalue weighted by molar-refractivity contribution is 0.414. The second-order valence-electron chi connectivity index (χ2n) is 5.52. The zero-order chi connectivity index (χ0) is 18.9. The predicted octanol–water partition coefficient (Wildman–Crippen LogP) is 2.30. The van der Waals surface area contributed by atoms with Gasteiger partial charge in [0.05, 0.1) is 17.7 Å². The Bertz CT molecular complexity index is 1190. The number of sulfonamides is 2. The summed E-state index contributed by atoms with van der Waals surface area (Å²) >= 11 is 0. The van der Waals surface area contributed by atoms with E-state index in [2.05, 4.69) is 4.72 Å². The molecule has 3 aromatic rings. The fraction of sp³-hybridized carbons (Fsp3) is 0.0588. The summed E-state index contributed by atoms with van der Waals surface area (Å²) in [5.74, 6) is 0.286. The molecule has 0 saturated carbocycles. The van der Waals surface area contributed by atoms with Crippen molar-refractivity contribution in [3.63, 3.8) is 0 Å². The summed E-state index contributed by atoms with van der Waals surface area (Å²) in [5.41, 5.74) is -0.181. The second kappa shape index (κ2) is 6.60. The van der Waals surface area contributed by atoms with Crippen molar-refractivity contribution in [2.24, 2.45) is 5.14 Å². The summed E-state index contributed by atoms with van der Waals surface area (Å²) in [6.07, 6.45) is 0. The van der Waals surface area contributed by atoms with Gasteiger partial charge in [-0.25, -0.2) is 22.0 Å². The van der Waals surface area contributed by atoms with E-state index >= 15 is 0 Å². The Balaban J connectivity index is 2.08. The van der Waals surface area contributed by atoms with Gasteiger partial charge in [0.25, 0.3) is 10.0 Å². The molecule has 3 rings (SSSR count). The highest BCUT2D eigenvalue weighted by molar-refractivity contribution is 7.93. The van der Waals surface area contributed by atoms with Gasteiger partial charge in [0.2, 0.25) is 10.0 Å². The van der Waals surface area contributed by atoms with Crippen LogP contribution in [0.1, 0.15) is 0 Å². The molecule has 3 N–H and O–H groups in total. The topological polar surface area (TPSA) is 116 Å². The van der Waals surface area contributed by atoms with Gasteiger partial charge in [-0.15, -0.1) is 0 Å².